The molecule has 0 fully saturated rings. The van der Waals surface area contributed by atoms with Gasteiger partial charge in [-0.25, -0.2) is 22.8 Å². The number of rotatable bonds is 14. The van der Waals surface area contributed by atoms with Crippen molar-refractivity contribution >= 4 is 43.8 Å². The van der Waals surface area contributed by atoms with Crippen molar-refractivity contribution in [2.75, 3.05) is 24.2 Å². The number of nitrogens with one attached hydrogen (secondary N) is 2. The van der Waals surface area contributed by atoms with Crippen molar-refractivity contribution in [3.8, 4) is 5.75 Å². The van der Waals surface area contributed by atoms with E-state index < -0.39 is 15.4 Å². The number of aromatic nitrogens is 3. The second-order valence-corrected chi connectivity index (χ2v) is 13.7. The van der Waals surface area contributed by atoms with E-state index in [0.29, 0.717) is 64.2 Å². The molecule has 12 heteroatoms. The van der Waals surface area contributed by atoms with Crippen LogP contribution in [0.4, 0.5) is 15.9 Å². The molecule has 6 rings (SSSR count). The van der Waals surface area contributed by atoms with E-state index in [1.165, 1.54) is 18.5 Å². The maximum Gasteiger partial charge on any atom is 0.179 e. The van der Waals surface area contributed by atoms with Gasteiger partial charge in [-0.15, -0.1) is 0 Å². The van der Waals surface area contributed by atoms with Crippen molar-refractivity contribution in [1.82, 2.24) is 20.3 Å². The molecule has 2 aromatic heterocycles. The minimum atomic E-state index is -3.33. The molecule has 0 aliphatic carbocycles. The van der Waals surface area contributed by atoms with Gasteiger partial charge < -0.3 is 20.1 Å². The smallest absolute Gasteiger partial charge is 0.179 e. The van der Waals surface area contributed by atoms with Crippen molar-refractivity contribution in [3.63, 3.8) is 0 Å². The predicted octanol–water partition coefficient (Wildman–Crippen LogP) is 7.11. The molecule has 1 aliphatic rings. The standard InChI is InChI=1S/C35H33ClFN5O4S/c36-30-20-27(11-12-32(30)45-23-25-7-4-8-26(37)19-25)42-34-29-21-33(39-22-31(29)40-24-41-34)35(14-6-17-46-35)13-5-15-38-16-18-47(43,44)28-9-2-1-3-10-28/h1-4,6-12,17,19-22,24,38H,5,13-16,18,23H2,(H,40,41,42). The Labute approximate surface area is 277 Å². The van der Waals surface area contributed by atoms with Gasteiger partial charge in [-0.2, -0.15) is 0 Å². The van der Waals surface area contributed by atoms with Gasteiger partial charge in [0.05, 0.1) is 39.3 Å². The summed E-state index contributed by atoms with van der Waals surface area (Å²) in [5.41, 5.74) is 2.14. The number of benzene rings is 3. The fraction of sp³-hybridized carbons (Fsp3) is 0.229. The first-order valence-electron chi connectivity index (χ1n) is 15.2. The Hall–Kier alpha value is -4.58. The third-order valence-corrected chi connectivity index (χ3v) is 9.92. The molecule has 9 nitrogen and oxygen atoms in total. The summed E-state index contributed by atoms with van der Waals surface area (Å²) in [7, 11) is -3.33. The lowest BCUT2D eigenvalue weighted by Gasteiger charge is -2.28. The number of nitrogens with zero attached hydrogens (tertiary/aromatic N) is 3. The highest BCUT2D eigenvalue weighted by atomic mass is 35.5. The zero-order valence-corrected chi connectivity index (χ0v) is 27.0. The Bertz CT molecular complexity index is 1990. The van der Waals surface area contributed by atoms with Gasteiger partial charge in [0, 0.05) is 24.0 Å². The highest BCUT2D eigenvalue weighted by molar-refractivity contribution is 7.91. The van der Waals surface area contributed by atoms with Crippen molar-refractivity contribution < 1.29 is 22.3 Å². The molecule has 5 aromatic rings. The Morgan fingerprint density at radius 3 is 2.64 bits per heavy atom. The van der Waals surface area contributed by atoms with Gasteiger partial charge >= 0.3 is 0 Å². The first-order valence-corrected chi connectivity index (χ1v) is 17.2. The Morgan fingerprint density at radius 2 is 1.85 bits per heavy atom. The van der Waals surface area contributed by atoms with Gasteiger partial charge in [0.15, 0.2) is 15.4 Å². The van der Waals surface area contributed by atoms with Crippen LogP contribution in [0.25, 0.3) is 10.9 Å². The minimum Gasteiger partial charge on any atom is -0.489 e. The van der Waals surface area contributed by atoms with E-state index in [-0.39, 0.29) is 18.2 Å². The molecule has 0 spiro atoms. The van der Waals surface area contributed by atoms with Gasteiger partial charge in [0.1, 0.15) is 30.3 Å². The van der Waals surface area contributed by atoms with E-state index in [4.69, 9.17) is 26.1 Å². The molecule has 1 aliphatic heterocycles. The molecule has 2 N–H and O–H groups in total. The summed E-state index contributed by atoms with van der Waals surface area (Å²) in [5.74, 6) is 0.750. The predicted molar refractivity (Wildman–Crippen MR) is 180 cm³/mol. The van der Waals surface area contributed by atoms with Crippen LogP contribution in [-0.2, 0) is 26.8 Å². The average Bonchev–Trinajstić information content (AvgIpc) is 3.56. The van der Waals surface area contributed by atoms with Gasteiger partial charge in [-0.05, 0) is 79.6 Å². The van der Waals surface area contributed by atoms with E-state index in [1.54, 1.807) is 67.1 Å². The monoisotopic (exact) mass is 673 g/mol. The summed E-state index contributed by atoms with van der Waals surface area (Å²) < 4.78 is 50.6. The Balaban J connectivity index is 1.10. The Kier molecular flexibility index (Phi) is 9.95. The highest BCUT2D eigenvalue weighted by Gasteiger charge is 2.36. The summed E-state index contributed by atoms with van der Waals surface area (Å²) >= 11 is 6.53. The number of ether oxygens (including phenoxy) is 2. The fourth-order valence-corrected chi connectivity index (χ4v) is 6.88. The molecule has 0 radical (unpaired) electrons. The van der Waals surface area contributed by atoms with Crippen molar-refractivity contribution in [2.24, 2.45) is 0 Å². The molecule has 0 saturated heterocycles. The summed E-state index contributed by atoms with van der Waals surface area (Å²) in [6.07, 6.45) is 8.92. The van der Waals surface area contributed by atoms with Crippen LogP contribution < -0.4 is 15.4 Å². The topological polar surface area (TPSA) is 115 Å². The second-order valence-electron chi connectivity index (χ2n) is 11.2. The normalized spacial score (nSPS) is 15.9. The van der Waals surface area contributed by atoms with Crippen molar-refractivity contribution in [1.29, 1.82) is 0 Å². The summed E-state index contributed by atoms with van der Waals surface area (Å²) in [5, 5.41) is 7.74. The van der Waals surface area contributed by atoms with Crippen LogP contribution in [0.5, 0.6) is 5.75 Å². The minimum absolute atomic E-state index is 0.0259. The lowest BCUT2D eigenvalue weighted by molar-refractivity contribution is 0.0265. The molecular formula is C35H33ClFN5O4S. The molecule has 47 heavy (non-hydrogen) atoms. The molecule has 0 saturated carbocycles. The number of anilines is 2. The van der Waals surface area contributed by atoms with Crippen LogP contribution in [-0.4, -0.2) is 42.2 Å². The maximum absolute atomic E-state index is 13.5. The number of hydrogen-bond acceptors (Lipinski definition) is 9. The molecule has 3 aromatic carbocycles. The van der Waals surface area contributed by atoms with E-state index in [2.05, 4.69) is 20.6 Å². The quantitative estimate of drug-likeness (QED) is 0.119. The van der Waals surface area contributed by atoms with Crippen molar-refractivity contribution in [2.45, 2.75) is 36.4 Å². The molecule has 0 bridgehead atoms. The average molecular weight is 674 g/mol. The fourth-order valence-electron chi connectivity index (χ4n) is 5.42. The summed E-state index contributed by atoms with van der Waals surface area (Å²) in [4.78, 5) is 13.9. The van der Waals surface area contributed by atoms with Gasteiger partial charge in [-0.1, -0.05) is 41.9 Å². The van der Waals surface area contributed by atoms with E-state index in [1.807, 2.05) is 18.2 Å². The van der Waals surface area contributed by atoms with Crippen molar-refractivity contribution in [3.05, 3.63) is 126 Å². The third-order valence-electron chi connectivity index (χ3n) is 7.89. The van der Waals surface area contributed by atoms with Crippen LogP contribution in [0.15, 0.2) is 109 Å². The number of sulfone groups is 1. The maximum atomic E-state index is 13.5. The van der Waals surface area contributed by atoms with E-state index >= 15 is 0 Å². The molecule has 3 heterocycles. The van der Waals surface area contributed by atoms with Crippen LogP contribution in [0.2, 0.25) is 5.02 Å². The lowest BCUT2D eigenvalue weighted by Crippen LogP contribution is -2.29. The Morgan fingerprint density at radius 1 is 0.979 bits per heavy atom. The van der Waals surface area contributed by atoms with Crippen LogP contribution in [0.1, 0.15) is 30.5 Å². The summed E-state index contributed by atoms with van der Waals surface area (Å²) in [6.45, 7) is 1.16. The summed E-state index contributed by atoms with van der Waals surface area (Å²) in [6, 6.07) is 22.0. The number of pyridine rings is 1. The van der Waals surface area contributed by atoms with Crippen LogP contribution in [0, 0.1) is 5.82 Å². The van der Waals surface area contributed by atoms with Gasteiger partial charge in [0.2, 0.25) is 0 Å². The molecular weight excluding hydrogens is 641 g/mol. The first kappa shape index (κ1) is 32.4. The first-order chi connectivity index (χ1) is 22.8. The van der Waals surface area contributed by atoms with E-state index in [0.717, 1.165) is 17.5 Å². The van der Waals surface area contributed by atoms with Crippen LogP contribution >= 0.6 is 11.6 Å². The van der Waals surface area contributed by atoms with Gasteiger partial charge in [0.25, 0.3) is 0 Å². The largest absolute Gasteiger partial charge is 0.489 e. The number of fused-ring (bicyclic) bond motifs is 1. The molecule has 0 amide bonds. The third kappa shape index (κ3) is 7.87. The zero-order valence-electron chi connectivity index (χ0n) is 25.4. The van der Waals surface area contributed by atoms with E-state index in [9.17, 15) is 12.8 Å². The highest BCUT2D eigenvalue weighted by Crippen LogP contribution is 2.39. The number of hydrogen-bond donors (Lipinski definition) is 2. The van der Waals surface area contributed by atoms with Crippen LogP contribution in [0.3, 0.4) is 0 Å². The molecule has 1 atom stereocenters. The lowest BCUT2D eigenvalue weighted by atomic mass is 9.90. The molecule has 1 unspecified atom stereocenters. The number of halogens is 2. The zero-order chi connectivity index (χ0) is 32.7. The molecule has 242 valence electrons. The SMILES string of the molecule is O=S(=O)(CCNCCCC1(c2cc3c(Nc4ccc(OCc5cccc(F)c5)c(Cl)c4)ncnc3cn2)CC=CO1)c1ccccc1. The van der Waals surface area contributed by atoms with Gasteiger partial charge in [-0.3, -0.25) is 4.98 Å². The second kappa shape index (κ2) is 14.5.